The summed E-state index contributed by atoms with van der Waals surface area (Å²) < 4.78 is 0. The number of ketones is 1. The van der Waals surface area contributed by atoms with E-state index in [9.17, 15) is 4.79 Å². The highest BCUT2D eigenvalue weighted by molar-refractivity contribution is 6.01. The predicted molar refractivity (Wildman–Crippen MR) is 54.7 cm³/mol. The second-order valence-corrected chi connectivity index (χ2v) is 2.67. The summed E-state index contributed by atoms with van der Waals surface area (Å²) in [6, 6.07) is 3.31. The fourth-order valence-electron chi connectivity index (χ4n) is 0.997. The molecule has 0 spiro atoms. The van der Waals surface area contributed by atoms with Crippen molar-refractivity contribution in [2.45, 2.75) is 0 Å². The number of hydrogen-bond donors (Lipinski definition) is 2. The molecule has 0 aliphatic carbocycles. The number of hydrogen-bond acceptors (Lipinski definition) is 4. The number of anilines is 1. The van der Waals surface area contributed by atoms with E-state index >= 15 is 0 Å². The van der Waals surface area contributed by atoms with E-state index in [2.05, 4.69) is 16.2 Å². The average Bonchev–Trinajstić information content (AvgIpc) is 2.18. The van der Waals surface area contributed by atoms with Crippen LogP contribution in [0.15, 0.2) is 18.3 Å². The van der Waals surface area contributed by atoms with Crippen LogP contribution in [0.25, 0.3) is 0 Å². The van der Waals surface area contributed by atoms with Gasteiger partial charge in [0, 0.05) is 6.20 Å². The molecule has 0 aromatic carbocycles. The summed E-state index contributed by atoms with van der Waals surface area (Å²) in [5.41, 5.74) is 5.95. The minimum Gasteiger partial charge on any atom is -0.383 e. The Kier molecular flexibility index (Phi) is 3.65. The van der Waals surface area contributed by atoms with Gasteiger partial charge in [-0.3, -0.25) is 10.1 Å². The van der Waals surface area contributed by atoms with Crippen LogP contribution in [0.4, 0.5) is 5.82 Å². The van der Waals surface area contributed by atoms with Crippen molar-refractivity contribution in [3.63, 3.8) is 0 Å². The minimum atomic E-state index is -0.106. The Labute approximate surface area is 82.5 Å². The van der Waals surface area contributed by atoms with Crippen LogP contribution in [0, 0.1) is 12.3 Å². The van der Waals surface area contributed by atoms with E-state index in [1.54, 1.807) is 18.3 Å². The maximum Gasteiger partial charge on any atom is 0.180 e. The van der Waals surface area contributed by atoms with Crippen molar-refractivity contribution >= 4 is 11.6 Å². The molecule has 0 fully saturated rings. The summed E-state index contributed by atoms with van der Waals surface area (Å²) >= 11 is 0. The Bertz CT molecular complexity index is 368. The molecule has 14 heavy (non-hydrogen) atoms. The molecule has 0 saturated carbocycles. The first-order valence-electron chi connectivity index (χ1n) is 4.13. The van der Waals surface area contributed by atoms with Gasteiger partial charge in [-0.05, 0) is 12.1 Å². The SMILES string of the molecule is C#CCNCC(=O)c1cccnc1N. The molecule has 0 unspecified atom stereocenters. The normalized spacial score (nSPS) is 9.36. The van der Waals surface area contributed by atoms with E-state index in [1.807, 2.05) is 0 Å². The number of carbonyl (C=O) groups is 1. The quantitative estimate of drug-likeness (QED) is 0.399. The minimum absolute atomic E-state index is 0.106. The smallest absolute Gasteiger partial charge is 0.180 e. The highest BCUT2D eigenvalue weighted by Gasteiger charge is 2.08. The van der Waals surface area contributed by atoms with Crippen LogP contribution in [-0.4, -0.2) is 23.9 Å². The first kappa shape index (κ1) is 10.2. The van der Waals surface area contributed by atoms with Crippen LogP contribution in [0.3, 0.4) is 0 Å². The van der Waals surface area contributed by atoms with Crippen molar-refractivity contribution in [3.8, 4) is 12.3 Å². The lowest BCUT2D eigenvalue weighted by Crippen LogP contribution is -2.24. The molecular weight excluding hydrogens is 178 g/mol. The highest BCUT2D eigenvalue weighted by atomic mass is 16.1. The van der Waals surface area contributed by atoms with Crippen LogP contribution < -0.4 is 11.1 Å². The number of carbonyl (C=O) groups excluding carboxylic acids is 1. The summed E-state index contributed by atoms with van der Waals surface area (Å²) in [6.45, 7) is 0.548. The number of Topliss-reactive ketones (excluding diaryl/α,β-unsaturated/α-hetero) is 1. The van der Waals surface area contributed by atoms with Gasteiger partial charge in [-0.2, -0.15) is 0 Å². The lowest BCUT2D eigenvalue weighted by molar-refractivity contribution is 0.0993. The molecule has 3 N–H and O–H groups in total. The Balaban J connectivity index is 2.62. The van der Waals surface area contributed by atoms with Crippen LogP contribution in [0.5, 0.6) is 0 Å². The van der Waals surface area contributed by atoms with E-state index in [0.717, 1.165) is 0 Å². The van der Waals surface area contributed by atoms with Gasteiger partial charge in [-0.1, -0.05) is 5.92 Å². The first-order valence-corrected chi connectivity index (χ1v) is 4.13. The van der Waals surface area contributed by atoms with Gasteiger partial charge >= 0.3 is 0 Å². The monoisotopic (exact) mass is 189 g/mol. The largest absolute Gasteiger partial charge is 0.383 e. The fraction of sp³-hybridized carbons (Fsp3) is 0.200. The zero-order chi connectivity index (χ0) is 10.4. The van der Waals surface area contributed by atoms with Crippen LogP contribution in [-0.2, 0) is 0 Å². The Morgan fingerprint density at radius 2 is 2.50 bits per heavy atom. The highest BCUT2D eigenvalue weighted by Crippen LogP contribution is 2.06. The van der Waals surface area contributed by atoms with Crippen LogP contribution >= 0.6 is 0 Å². The molecular formula is C10H11N3O. The summed E-state index contributed by atoms with van der Waals surface area (Å²) in [7, 11) is 0. The number of terminal acetylenes is 1. The summed E-state index contributed by atoms with van der Waals surface area (Å²) in [4.78, 5) is 15.3. The molecule has 0 aliphatic rings. The maximum absolute atomic E-state index is 11.5. The summed E-state index contributed by atoms with van der Waals surface area (Å²) in [5.74, 6) is 2.52. The number of nitrogens with two attached hydrogens (primary N) is 1. The van der Waals surface area contributed by atoms with E-state index < -0.39 is 0 Å². The second-order valence-electron chi connectivity index (χ2n) is 2.67. The third-order valence-corrected chi connectivity index (χ3v) is 1.65. The number of rotatable bonds is 4. The van der Waals surface area contributed by atoms with E-state index in [1.165, 1.54) is 0 Å². The number of nitrogens with one attached hydrogen (secondary N) is 1. The number of pyridine rings is 1. The Morgan fingerprint density at radius 1 is 1.71 bits per heavy atom. The number of aromatic nitrogens is 1. The third-order valence-electron chi connectivity index (χ3n) is 1.65. The molecule has 1 aromatic heterocycles. The lowest BCUT2D eigenvalue weighted by Gasteiger charge is -2.02. The Morgan fingerprint density at radius 3 is 3.14 bits per heavy atom. The molecule has 0 aliphatic heterocycles. The van der Waals surface area contributed by atoms with Gasteiger partial charge in [0.25, 0.3) is 0 Å². The lowest BCUT2D eigenvalue weighted by atomic mass is 10.1. The molecule has 0 amide bonds. The molecule has 0 saturated heterocycles. The van der Waals surface area contributed by atoms with Crippen molar-refractivity contribution < 1.29 is 4.79 Å². The van der Waals surface area contributed by atoms with Crippen molar-refractivity contribution in [3.05, 3.63) is 23.9 Å². The molecule has 4 nitrogen and oxygen atoms in total. The van der Waals surface area contributed by atoms with Gasteiger partial charge in [0.1, 0.15) is 5.82 Å². The van der Waals surface area contributed by atoms with E-state index in [-0.39, 0.29) is 18.1 Å². The van der Waals surface area contributed by atoms with Crippen molar-refractivity contribution in [1.82, 2.24) is 10.3 Å². The van der Waals surface area contributed by atoms with Gasteiger partial charge in [0.05, 0.1) is 18.7 Å². The molecule has 0 atom stereocenters. The third kappa shape index (κ3) is 2.57. The molecule has 72 valence electrons. The maximum atomic E-state index is 11.5. The second kappa shape index (κ2) is 5.00. The van der Waals surface area contributed by atoms with Crippen molar-refractivity contribution in [2.24, 2.45) is 0 Å². The predicted octanol–water partition coefficient (Wildman–Crippen LogP) is 0.0693. The van der Waals surface area contributed by atoms with Crippen LogP contribution in [0.1, 0.15) is 10.4 Å². The standard InChI is InChI=1S/C10H11N3O/c1-2-5-12-7-9(14)8-4-3-6-13-10(8)11/h1,3-4,6,12H,5,7H2,(H2,11,13). The molecule has 1 heterocycles. The Hall–Kier alpha value is -1.86. The van der Waals surface area contributed by atoms with Gasteiger partial charge in [0.15, 0.2) is 5.78 Å². The number of nitrogens with zero attached hydrogens (tertiary/aromatic N) is 1. The number of nitrogen functional groups attached to an aromatic ring is 1. The summed E-state index contributed by atoms with van der Waals surface area (Å²) in [6.07, 6.45) is 6.57. The van der Waals surface area contributed by atoms with Crippen LogP contribution in [0.2, 0.25) is 0 Å². The van der Waals surface area contributed by atoms with Crippen molar-refractivity contribution in [2.75, 3.05) is 18.8 Å². The van der Waals surface area contributed by atoms with Gasteiger partial charge in [-0.15, -0.1) is 6.42 Å². The van der Waals surface area contributed by atoms with Gasteiger partial charge < -0.3 is 5.73 Å². The molecule has 1 rings (SSSR count). The first-order chi connectivity index (χ1) is 6.75. The zero-order valence-corrected chi connectivity index (χ0v) is 7.66. The molecule has 4 heteroatoms. The van der Waals surface area contributed by atoms with E-state index in [4.69, 9.17) is 12.2 Å². The zero-order valence-electron chi connectivity index (χ0n) is 7.66. The van der Waals surface area contributed by atoms with E-state index in [0.29, 0.717) is 12.1 Å². The molecule has 1 aromatic rings. The van der Waals surface area contributed by atoms with Gasteiger partial charge in [-0.25, -0.2) is 4.98 Å². The van der Waals surface area contributed by atoms with Crippen molar-refractivity contribution in [1.29, 1.82) is 0 Å². The van der Waals surface area contributed by atoms with Gasteiger partial charge in [0.2, 0.25) is 0 Å². The molecule has 0 bridgehead atoms. The topological polar surface area (TPSA) is 68.0 Å². The summed E-state index contributed by atoms with van der Waals surface area (Å²) in [5, 5.41) is 2.79. The average molecular weight is 189 g/mol. The fourth-order valence-corrected chi connectivity index (χ4v) is 0.997. The molecule has 0 radical (unpaired) electrons.